The molecule has 3 atom stereocenters. The molecule has 2 radical (unpaired) electrons. The van der Waals surface area contributed by atoms with E-state index >= 15 is 0 Å². The lowest BCUT2D eigenvalue weighted by atomic mass is 9.80. The van der Waals surface area contributed by atoms with Crippen LogP contribution < -0.4 is 5.73 Å². The zero-order valence-electron chi connectivity index (χ0n) is 13.4. The minimum atomic E-state index is -0.703. The van der Waals surface area contributed by atoms with Gasteiger partial charge in [0.25, 0.3) is 0 Å². The standard InChI is InChI=1S/C16H16BN5OS/c1-16(5-13(23)22(2)15(19)21-16)12-4-11(17)14(24-12)10-3-9(6-18)7-20-8-10/h3-4,7-8,11,14H,5H2,1-2H3,(H2,19,21)/t11?,14?,16-/m0/s1. The number of thioether (sulfide) groups is 1. The number of carbonyl (C=O) groups excluding carboxylic acids is 1. The highest BCUT2D eigenvalue weighted by molar-refractivity contribution is 8.03. The number of amides is 1. The smallest absolute Gasteiger partial charge is 0.231 e. The van der Waals surface area contributed by atoms with E-state index in [0.717, 1.165) is 10.5 Å². The topological polar surface area (TPSA) is 95.4 Å². The maximum absolute atomic E-state index is 12.1. The molecule has 3 heterocycles. The number of nitrogens with two attached hydrogens (primary N) is 1. The summed E-state index contributed by atoms with van der Waals surface area (Å²) in [5.41, 5.74) is 6.55. The van der Waals surface area contributed by atoms with Crippen molar-refractivity contribution in [3.8, 4) is 6.07 Å². The monoisotopic (exact) mass is 337 g/mol. The lowest BCUT2D eigenvalue weighted by molar-refractivity contribution is -0.128. The minimum Gasteiger partial charge on any atom is -0.369 e. The highest BCUT2D eigenvalue weighted by Gasteiger charge is 2.42. The molecule has 2 aliphatic rings. The Morgan fingerprint density at radius 1 is 1.54 bits per heavy atom. The molecule has 0 bridgehead atoms. The molecule has 2 unspecified atom stereocenters. The van der Waals surface area contributed by atoms with Gasteiger partial charge in [0.05, 0.1) is 19.8 Å². The van der Waals surface area contributed by atoms with E-state index in [9.17, 15) is 4.79 Å². The summed E-state index contributed by atoms with van der Waals surface area (Å²) in [7, 11) is 7.89. The summed E-state index contributed by atoms with van der Waals surface area (Å²) in [4.78, 5) is 23.0. The molecule has 1 amide bonds. The van der Waals surface area contributed by atoms with E-state index in [-0.39, 0.29) is 29.4 Å². The van der Waals surface area contributed by atoms with E-state index < -0.39 is 5.54 Å². The van der Waals surface area contributed by atoms with E-state index in [2.05, 4.69) is 16.0 Å². The molecule has 3 rings (SSSR count). The fourth-order valence-electron chi connectivity index (χ4n) is 2.84. The Bertz CT molecular complexity index is 802. The minimum absolute atomic E-state index is 0.0659. The quantitative estimate of drug-likeness (QED) is 0.826. The second kappa shape index (κ2) is 5.98. The second-order valence-electron chi connectivity index (χ2n) is 6.14. The Hall–Kier alpha value is -2.27. The molecule has 24 heavy (non-hydrogen) atoms. The molecule has 1 aromatic heterocycles. The van der Waals surface area contributed by atoms with E-state index in [1.807, 2.05) is 13.0 Å². The highest BCUT2D eigenvalue weighted by Crippen LogP contribution is 2.54. The van der Waals surface area contributed by atoms with Crippen molar-refractivity contribution >= 4 is 31.5 Å². The van der Waals surface area contributed by atoms with Gasteiger partial charge in [0.15, 0.2) is 5.96 Å². The van der Waals surface area contributed by atoms with Gasteiger partial charge in [-0.1, -0.05) is 6.08 Å². The molecule has 0 aliphatic carbocycles. The largest absolute Gasteiger partial charge is 0.369 e. The maximum Gasteiger partial charge on any atom is 0.231 e. The van der Waals surface area contributed by atoms with Gasteiger partial charge >= 0.3 is 0 Å². The fourth-order valence-corrected chi connectivity index (χ4v) is 4.22. The van der Waals surface area contributed by atoms with E-state index in [0.29, 0.717) is 5.56 Å². The zero-order chi connectivity index (χ0) is 17.5. The number of rotatable bonds is 2. The van der Waals surface area contributed by atoms with Gasteiger partial charge in [-0.15, -0.1) is 11.8 Å². The Morgan fingerprint density at radius 3 is 2.96 bits per heavy atom. The third-order valence-corrected chi connectivity index (χ3v) is 5.94. The third kappa shape index (κ3) is 2.80. The molecule has 2 N–H and O–H groups in total. The summed E-state index contributed by atoms with van der Waals surface area (Å²) in [6.07, 6.45) is 5.42. The van der Waals surface area contributed by atoms with Gasteiger partial charge in [-0.2, -0.15) is 5.26 Å². The van der Waals surface area contributed by atoms with Crippen LogP contribution in [0.1, 0.15) is 29.7 Å². The van der Waals surface area contributed by atoms with Crippen LogP contribution in [0.5, 0.6) is 0 Å². The van der Waals surface area contributed by atoms with E-state index in [4.69, 9.17) is 18.8 Å². The Labute approximate surface area is 146 Å². The van der Waals surface area contributed by atoms with Gasteiger partial charge in [0.2, 0.25) is 5.91 Å². The average molecular weight is 337 g/mol. The lowest BCUT2D eigenvalue weighted by Crippen LogP contribution is -2.48. The molecule has 0 spiro atoms. The van der Waals surface area contributed by atoms with Gasteiger partial charge < -0.3 is 5.73 Å². The first-order valence-corrected chi connectivity index (χ1v) is 8.33. The average Bonchev–Trinajstić information content (AvgIpc) is 2.95. The van der Waals surface area contributed by atoms with Crippen molar-refractivity contribution in [3.63, 3.8) is 0 Å². The number of hydrogen-bond acceptors (Lipinski definition) is 6. The van der Waals surface area contributed by atoms with Crippen molar-refractivity contribution in [1.82, 2.24) is 9.88 Å². The maximum atomic E-state index is 12.1. The summed E-state index contributed by atoms with van der Waals surface area (Å²) < 4.78 is 0. The highest BCUT2D eigenvalue weighted by atomic mass is 32.2. The van der Waals surface area contributed by atoms with Crippen LogP contribution in [0.4, 0.5) is 0 Å². The van der Waals surface area contributed by atoms with Crippen LogP contribution in [-0.4, -0.2) is 42.2 Å². The molecule has 8 heteroatoms. The van der Waals surface area contributed by atoms with Crippen LogP contribution >= 0.6 is 11.8 Å². The number of allylic oxidation sites excluding steroid dienone is 1. The first-order chi connectivity index (χ1) is 11.3. The molecule has 120 valence electrons. The SMILES string of the molecule is [B]C1C=C([C@]2(C)CC(=O)N(C)C(N)=N2)SC1c1cncc(C#N)c1. The predicted molar refractivity (Wildman–Crippen MR) is 94.3 cm³/mol. The zero-order valence-corrected chi connectivity index (χ0v) is 14.2. The Balaban J connectivity index is 1.89. The molecule has 6 nitrogen and oxygen atoms in total. The molecular weight excluding hydrogens is 321 g/mol. The van der Waals surface area contributed by atoms with Crippen LogP contribution in [0.25, 0.3) is 0 Å². The number of hydrogen-bond donors (Lipinski definition) is 1. The van der Waals surface area contributed by atoms with E-state index in [1.165, 1.54) is 11.1 Å². The van der Waals surface area contributed by atoms with E-state index in [1.54, 1.807) is 31.1 Å². The molecular formula is C16H16BN5OS. The van der Waals surface area contributed by atoms with Crippen molar-refractivity contribution < 1.29 is 4.79 Å². The number of nitriles is 1. The normalized spacial score (nSPS) is 29.9. The summed E-state index contributed by atoms with van der Waals surface area (Å²) in [5.74, 6) is -0.110. The van der Waals surface area contributed by atoms with Crippen molar-refractivity contribution in [2.24, 2.45) is 10.7 Å². The van der Waals surface area contributed by atoms with Gasteiger partial charge in [-0.25, -0.2) is 4.99 Å². The van der Waals surface area contributed by atoms with Gasteiger partial charge in [0.1, 0.15) is 11.6 Å². The molecule has 1 aromatic rings. The van der Waals surface area contributed by atoms with Crippen molar-refractivity contribution in [3.05, 3.63) is 40.6 Å². The van der Waals surface area contributed by atoms with Crippen LogP contribution in [0, 0.1) is 11.3 Å². The third-order valence-electron chi connectivity index (χ3n) is 4.27. The first kappa shape index (κ1) is 16.6. The second-order valence-corrected chi connectivity index (χ2v) is 7.32. The number of guanidine groups is 1. The van der Waals surface area contributed by atoms with Crippen LogP contribution in [0.3, 0.4) is 0 Å². The van der Waals surface area contributed by atoms with Crippen LogP contribution in [0.15, 0.2) is 34.4 Å². The summed E-state index contributed by atoms with van der Waals surface area (Å²) in [6, 6.07) is 3.88. The Morgan fingerprint density at radius 2 is 2.29 bits per heavy atom. The van der Waals surface area contributed by atoms with Crippen molar-refractivity contribution in [1.29, 1.82) is 5.26 Å². The molecule has 0 saturated heterocycles. The van der Waals surface area contributed by atoms with Crippen LogP contribution in [-0.2, 0) is 4.79 Å². The van der Waals surface area contributed by atoms with Crippen molar-refractivity contribution in [2.45, 2.75) is 30.0 Å². The summed E-state index contributed by atoms with van der Waals surface area (Å²) >= 11 is 1.56. The number of carbonyl (C=O) groups is 1. The molecule has 0 saturated carbocycles. The lowest BCUT2D eigenvalue weighted by Gasteiger charge is -2.34. The van der Waals surface area contributed by atoms with Gasteiger partial charge in [-0.05, 0) is 24.4 Å². The number of aliphatic imine (C=N–C) groups is 1. The van der Waals surface area contributed by atoms with Crippen molar-refractivity contribution in [2.75, 3.05) is 7.05 Å². The molecule has 2 aliphatic heterocycles. The van der Waals surface area contributed by atoms with Gasteiger partial charge in [-0.3, -0.25) is 14.7 Å². The Kier molecular flexibility index (Phi) is 4.14. The fraction of sp³-hybridized carbons (Fsp3) is 0.375. The van der Waals surface area contributed by atoms with Crippen LogP contribution in [0.2, 0.25) is 5.82 Å². The predicted octanol–water partition coefficient (Wildman–Crippen LogP) is 1.52. The molecule has 0 aromatic carbocycles. The van der Waals surface area contributed by atoms with Gasteiger partial charge in [0, 0.05) is 29.6 Å². The first-order valence-electron chi connectivity index (χ1n) is 7.45. The molecule has 0 fully saturated rings. The number of aromatic nitrogens is 1. The number of nitrogens with zero attached hydrogens (tertiary/aromatic N) is 4. The number of pyridine rings is 1. The summed E-state index contributed by atoms with van der Waals surface area (Å²) in [6.45, 7) is 1.89. The summed E-state index contributed by atoms with van der Waals surface area (Å²) in [5, 5.41) is 8.97.